The minimum atomic E-state index is -0.137. The summed E-state index contributed by atoms with van der Waals surface area (Å²) in [6, 6.07) is 7.26. The highest BCUT2D eigenvalue weighted by molar-refractivity contribution is 5.96. The van der Waals surface area contributed by atoms with Crippen molar-refractivity contribution in [2.75, 3.05) is 19.7 Å². The molecule has 0 unspecified atom stereocenters. The average molecular weight is 236 g/mol. The van der Waals surface area contributed by atoms with E-state index in [0.717, 1.165) is 12.8 Å². The van der Waals surface area contributed by atoms with Crippen molar-refractivity contribution in [3.8, 4) is 5.75 Å². The molecule has 0 saturated heterocycles. The lowest BCUT2D eigenvalue weighted by Gasteiger charge is -2.10. The lowest BCUT2D eigenvalue weighted by molar-refractivity contribution is 0.0950. The summed E-state index contributed by atoms with van der Waals surface area (Å²) in [5.74, 6) is 0.498. The number of hydrogen-bond acceptors (Lipinski definition) is 3. The fraction of sp³-hybridized carbons (Fsp3) is 0.462. The van der Waals surface area contributed by atoms with Crippen molar-refractivity contribution in [3.05, 3.63) is 29.8 Å². The summed E-state index contributed by atoms with van der Waals surface area (Å²) in [4.78, 5) is 11.8. The van der Waals surface area contributed by atoms with E-state index in [1.54, 1.807) is 6.07 Å². The Bertz CT molecular complexity index is 353. The maximum absolute atomic E-state index is 11.8. The molecule has 4 heteroatoms. The zero-order valence-electron chi connectivity index (χ0n) is 10.2. The number of unbranched alkanes of at least 4 members (excludes halogenated alkanes) is 1. The predicted molar refractivity (Wildman–Crippen MR) is 68.2 cm³/mol. The standard InChI is InChI=1S/C13H20N2O2/c1-2-3-10-17-12-7-5-4-6-11(12)13(16)15-9-8-14/h4-7H,2-3,8-10,14H2,1H3,(H,15,16). The van der Waals surface area contributed by atoms with Gasteiger partial charge in [0.1, 0.15) is 5.75 Å². The van der Waals surface area contributed by atoms with Gasteiger partial charge in [-0.3, -0.25) is 4.79 Å². The van der Waals surface area contributed by atoms with E-state index < -0.39 is 0 Å². The van der Waals surface area contributed by atoms with E-state index in [4.69, 9.17) is 10.5 Å². The third kappa shape index (κ3) is 4.44. The molecule has 1 amide bonds. The summed E-state index contributed by atoms with van der Waals surface area (Å²) < 4.78 is 5.59. The molecule has 1 aromatic rings. The third-order valence-corrected chi connectivity index (χ3v) is 2.32. The Morgan fingerprint density at radius 3 is 2.88 bits per heavy atom. The molecule has 0 fully saturated rings. The van der Waals surface area contributed by atoms with Crippen LogP contribution in [0.15, 0.2) is 24.3 Å². The van der Waals surface area contributed by atoms with Crippen LogP contribution in [-0.4, -0.2) is 25.6 Å². The lowest BCUT2D eigenvalue weighted by atomic mass is 10.2. The Morgan fingerprint density at radius 1 is 1.41 bits per heavy atom. The van der Waals surface area contributed by atoms with Crippen LogP contribution in [0.1, 0.15) is 30.1 Å². The molecular weight excluding hydrogens is 216 g/mol. The molecule has 0 saturated carbocycles. The van der Waals surface area contributed by atoms with Crippen molar-refractivity contribution in [2.24, 2.45) is 5.73 Å². The van der Waals surface area contributed by atoms with Gasteiger partial charge in [-0.25, -0.2) is 0 Å². The van der Waals surface area contributed by atoms with Gasteiger partial charge in [-0.05, 0) is 18.6 Å². The van der Waals surface area contributed by atoms with E-state index in [9.17, 15) is 4.79 Å². The van der Waals surface area contributed by atoms with Crippen molar-refractivity contribution >= 4 is 5.91 Å². The van der Waals surface area contributed by atoms with Crippen molar-refractivity contribution < 1.29 is 9.53 Å². The van der Waals surface area contributed by atoms with E-state index >= 15 is 0 Å². The van der Waals surface area contributed by atoms with Crippen LogP contribution in [0.2, 0.25) is 0 Å². The highest BCUT2D eigenvalue weighted by Gasteiger charge is 2.10. The molecule has 0 spiro atoms. The van der Waals surface area contributed by atoms with Gasteiger partial charge in [0.05, 0.1) is 12.2 Å². The molecule has 0 radical (unpaired) electrons. The number of nitrogens with two attached hydrogens (primary N) is 1. The first-order valence-corrected chi connectivity index (χ1v) is 5.99. The van der Waals surface area contributed by atoms with Crippen LogP contribution < -0.4 is 15.8 Å². The summed E-state index contributed by atoms with van der Waals surface area (Å²) >= 11 is 0. The van der Waals surface area contributed by atoms with Gasteiger partial charge in [0.25, 0.3) is 5.91 Å². The lowest BCUT2D eigenvalue weighted by Crippen LogP contribution is -2.29. The summed E-state index contributed by atoms with van der Waals surface area (Å²) in [6.07, 6.45) is 2.06. The second kappa shape index (κ2) is 7.68. The third-order valence-electron chi connectivity index (χ3n) is 2.32. The van der Waals surface area contributed by atoms with Gasteiger partial charge in [-0.2, -0.15) is 0 Å². The van der Waals surface area contributed by atoms with E-state index in [0.29, 0.717) is 31.0 Å². The molecule has 0 bridgehead atoms. The first-order valence-electron chi connectivity index (χ1n) is 5.99. The van der Waals surface area contributed by atoms with Gasteiger partial charge in [-0.15, -0.1) is 0 Å². The number of benzene rings is 1. The molecular formula is C13H20N2O2. The van der Waals surface area contributed by atoms with E-state index in [1.165, 1.54) is 0 Å². The normalized spacial score (nSPS) is 10.0. The van der Waals surface area contributed by atoms with Crippen LogP contribution in [0, 0.1) is 0 Å². The van der Waals surface area contributed by atoms with Crippen molar-refractivity contribution in [3.63, 3.8) is 0 Å². The number of nitrogens with one attached hydrogen (secondary N) is 1. The summed E-state index contributed by atoms with van der Waals surface area (Å²) in [6.45, 7) is 3.65. The number of rotatable bonds is 7. The molecule has 0 aromatic heterocycles. The monoisotopic (exact) mass is 236 g/mol. The Labute approximate surface area is 102 Å². The quantitative estimate of drug-likeness (QED) is 0.706. The second-order valence-electron chi connectivity index (χ2n) is 3.74. The van der Waals surface area contributed by atoms with Crippen LogP contribution in [0.5, 0.6) is 5.75 Å². The Balaban J connectivity index is 2.66. The SMILES string of the molecule is CCCCOc1ccccc1C(=O)NCCN. The number of carbonyl (C=O) groups is 1. The zero-order valence-corrected chi connectivity index (χ0v) is 10.2. The van der Waals surface area contributed by atoms with Gasteiger partial charge in [0.15, 0.2) is 0 Å². The molecule has 0 aliphatic heterocycles. The molecule has 0 aliphatic carbocycles. The molecule has 94 valence electrons. The number of ether oxygens (including phenoxy) is 1. The zero-order chi connectivity index (χ0) is 12.5. The van der Waals surface area contributed by atoms with Gasteiger partial charge >= 0.3 is 0 Å². The largest absolute Gasteiger partial charge is 0.493 e. The Hall–Kier alpha value is -1.55. The number of hydrogen-bond donors (Lipinski definition) is 2. The molecule has 4 nitrogen and oxygen atoms in total. The number of carbonyl (C=O) groups excluding carboxylic acids is 1. The van der Waals surface area contributed by atoms with Crippen molar-refractivity contribution in [1.82, 2.24) is 5.32 Å². The second-order valence-corrected chi connectivity index (χ2v) is 3.74. The van der Waals surface area contributed by atoms with Crippen LogP contribution in [0.25, 0.3) is 0 Å². The first kappa shape index (κ1) is 13.5. The fourth-order valence-corrected chi connectivity index (χ4v) is 1.39. The maximum Gasteiger partial charge on any atom is 0.255 e. The van der Waals surface area contributed by atoms with Gasteiger partial charge in [0.2, 0.25) is 0 Å². The van der Waals surface area contributed by atoms with Crippen LogP contribution in [-0.2, 0) is 0 Å². The van der Waals surface area contributed by atoms with Crippen molar-refractivity contribution in [1.29, 1.82) is 0 Å². The number of amides is 1. The first-order chi connectivity index (χ1) is 8.29. The maximum atomic E-state index is 11.8. The molecule has 1 rings (SSSR count). The highest BCUT2D eigenvalue weighted by atomic mass is 16.5. The van der Waals surface area contributed by atoms with Crippen LogP contribution in [0.4, 0.5) is 0 Å². The van der Waals surface area contributed by atoms with Crippen LogP contribution in [0.3, 0.4) is 0 Å². The van der Waals surface area contributed by atoms with E-state index in [2.05, 4.69) is 12.2 Å². The van der Waals surface area contributed by atoms with Crippen molar-refractivity contribution in [2.45, 2.75) is 19.8 Å². The molecule has 1 aromatic carbocycles. The predicted octanol–water partition coefficient (Wildman–Crippen LogP) is 1.55. The topological polar surface area (TPSA) is 64.3 Å². The molecule has 0 heterocycles. The summed E-state index contributed by atoms with van der Waals surface area (Å²) in [5.41, 5.74) is 5.91. The van der Waals surface area contributed by atoms with Gasteiger partial charge in [0, 0.05) is 13.1 Å². The van der Waals surface area contributed by atoms with Gasteiger partial charge in [-0.1, -0.05) is 25.5 Å². The average Bonchev–Trinajstić information content (AvgIpc) is 2.37. The molecule has 0 aliphatic rings. The highest BCUT2D eigenvalue weighted by Crippen LogP contribution is 2.18. The van der Waals surface area contributed by atoms with Gasteiger partial charge < -0.3 is 15.8 Å². The number of para-hydroxylation sites is 1. The summed E-state index contributed by atoms with van der Waals surface area (Å²) in [5, 5.41) is 2.74. The van der Waals surface area contributed by atoms with E-state index in [-0.39, 0.29) is 5.91 Å². The van der Waals surface area contributed by atoms with Crippen LogP contribution >= 0.6 is 0 Å². The van der Waals surface area contributed by atoms with E-state index in [1.807, 2.05) is 18.2 Å². The fourth-order valence-electron chi connectivity index (χ4n) is 1.39. The minimum absolute atomic E-state index is 0.137. The Morgan fingerprint density at radius 2 is 2.18 bits per heavy atom. The molecule has 3 N–H and O–H groups in total. The molecule has 0 atom stereocenters. The summed E-state index contributed by atoms with van der Waals surface area (Å²) in [7, 11) is 0. The smallest absolute Gasteiger partial charge is 0.255 e. The minimum Gasteiger partial charge on any atom is -0.493 e. The molecule has 17 heavy (non-hydrogen) atoms. The Kier molecular flexibility index (Phi) is 6.10.